The Hall–Kier alpha value is -2.57. The molecule has 5 rings (SSSR count). The molecule has 3 atom stereocenters. The van der Waals surface area contributed by atoms with Crippen LogP contribution in [-0.2, 0) is 9.59 Å². The van der Waals surface area contributed by atoms with Gasteiger partial charge in [0.25, 0.3) is 0 Å². The van der Waals surface area contributed by atoms with Crippen molar-refractivity contribution in [3.8, 4) is 11.3 Å². The molecule has 37 heavy (non-hydrogen) atoms. The van der Waals surface area contributed by atoms with Gasteiger partial charge in [-0.3, -0.25) is 9.59 Å². The second kappa shape index (κ2) is 11.4. The summed E-state index contributed by atoms with van der Waals surface area (Å²) in [6.07, 6.45) is 7.92. The van der Waals surface area contributed by atoms with Crippen molar-refractivity contribution in [2.45, 2.75) is 77.3 Å². The molecule has 1 aromatic heterocycles. The first-order valence-electron chi connectivity index (χ1n) is 13.9. The molecule has 2 fully saturated rings. The fourth-order valence-electron chi connectivity index (χ4n) is 6.28. The van der Waals surface area contributed by atoms with Crippen molar-refractivity contribution in [2.24, 2.45) is 11.8 Å². The van der Waals surface area contributed by atoms with Gasteiger partial charge in [-0.1, -0.05) is 55.7 Å². The molecule has 1 amide bonds. The lowest BCUT2D eigenvalue weighted by molar-refractivity contribution is -0.141. The molecule has 0 bridgehead atoms. The van der Waals surface area contributed by atoms with Crippen LogP contribution in [0.1, 0.15) is 74.9 Å². The molecule has 6 heteroatoms. The fourth-order valence-corrected chi connectivity index (χ4v) is 7.25. The Morgan fingerprint density at radius 3 is 2.57 bits per heavy atom. The van der Waals surface area contributed by atoms with Gasteiger partial charge in [-0.05, 0) is 68.8 Å². The zero-order chi connectivity index (χ0) is 25.9. The minimum absolute atomic E-state index is 0.00544. The molecule has 1 N–H and O–H groups in total. The van der Waals surface area contributed by atoms with E-state index < -0.39 is 0 Å². The number of nitrogens with zero attached hydrogens (tertiary/aromatic N) is 2. The van der Waals surface area contributed by atoms with Crippen LogP contribution >= 0.6 is 11.3 Å². The van der Waals surface area contributed by atoms with Crippen LogP contribution in [0.5, 0.6) is 0 Å². The maximum atomic E-state index is 14.1. The number of aromatic nitrogens is 1. The summed E-state index contributed by atoms with van der Waals surface area (Å²) in [6.45, 7) is 4.80. The van der Waals surface area contributed by atoms with Crippen LogP contribution in [0.3, 0.4) is 0 Å². The summed E-state index contributed by atoms with van der Waals surface area (Å²) in [7, 11) is 1.81. The number of carbonyl (C=O) groups excluding carboxylic acids is 2. The van der Waals surface area contributed by atoms with Gasteiger partial charge >= 0.3 is 0 Å². The Morgan fingerprint density at radius 1 is 1.05 bits per heavy atom. The second-order valence-corrected chi connectivity index (χ2v) is 11.8. The molecule has 0 spiro atoms. The molecule has 1 aliphatic carbocycles. The maximum Gasteiger partial charge on any atom is 0.227 e. The van der Waals surface area contributed by atoms with E-state index in [2.05, 4.69) is 58.9 Å². The number of hydrogen-bond donors (Lipinski definition) is 1. The van der Waals surface area contributed by atoms with Crippen LogP contribution in [0.25, 0.3) is 22.0 Å². The molecule has 1 saturated carbocycles. The lowest BCUT2D eigenvalue weighted by atomic mass is 9.76. The van der Waals surface area contributed by atoms with Crippen LogP contribution in [0, 0.1) is 18.8 Å². The Morgan fingerprint density at radius 2 is 1.81 bits per heavy atom. The Kier molecular flexibility index (Phi) is 8.06. The highest BCUT2D eigenvalue weighted by atomic mass is 32.1. The summed E-state index contributed by atoms with van der Waals surface area (Å²) in [5, 5.41) is 8.70. The third-order valence-electron chi connectivity index (χ3n) is 8.63. The molecule has 1 aliphatic heterocycles. The highest BCUT2D eigenvalue weighted by molar-refractivity contribution is 7.10. The van der Waals surface area contributed by atoms with E-state index in [1.54, 1.807) is 11.3 Å². The van der Waals surface area contributed by atoms with Gasteiger partial charge in [0.2, 0.25) is 5.91 Å². The number of ketones is 1. The van der Waals surface area contributed by atoms with E-state index in [9.17, 15) is 9.59 Å². The highest BCUT2D eigenvalue weighted by Crippen LogP contribution is 2.41. The van der Waals surface area contributed by atoms with Crippen molar-refractivity contribution in [2.75, 3.05) is 13.6 Å². The van der Waals surface area contributed by atoms with Gasteiger partial charge in [0.05, 0.1) is 17.8 Å². The fraction of sp³-hybridized carbons (Fsp3) is 0.516. The van der Waals surface area contributed by atoms with Gasteiger partial charge in [0.1, 0.15) is 10.8 Å². The molecule has 3 aromatic rings. The standard InChI is InChI=1S/C31H39N3O2S/c1-20-15-16-25(24-13-8-7-12-23(20)24)27-19-37-30(33-27)28-14-9-17-34(28)31(36)26(18-29(35)21(2)32-3)22-10-5-4-6-11-22/h7-8,12-13,15-16,19,21-22,26,28,32H,4-6,9-11,14,17-18H2,1-3H3/t21-,26-,28-/m0/s1. The molecule has 2 heterocycles. The first-order chi connectivity index (χ1) is 18.0. The number of rotatable bonds is 8. The normalized spacial score (nSPS) is 20.3. The lowest BCUT2D eigenvalue weighted by Gasteiger charge is -2.34. The second-order valence-electron chi connectivity index (χ2n) is 10.9. The molecule has 5 nitrogen and oxygen atoms in total. The number of thiazole rings is 1. The highest BCUT2D eigenvalue weighted by Gasteiger charge is 2.40. The third-order valence-corrected chi connectivity index (χ3v) is 9.58. The van der Waals surface area contributed by atoms with E-state index in [1.165, 1.54) is 22.8 Å². The number of aryl methyl sites for hydroxylation is 1. The number of amides is 1. The number of likely N-dealkylation sites (tertiary alicyclic amines) is 1. The number of Topliss-reactive ketones (excluding diaryl/α,β-unsaturated/α-hetero) is 1. The summed E-state index contributed by atoms with van der Waals surface area (Å²) in [5.74, 6) is 0.402. The van der Waals surface area contributed by atoms with Gasteiger partial charge in [-0.25, -0.2) is 4.98 Å². The van der Waals surface area contributed by atoms with Crippen molar-refractivity contribution >= 4 is 33.8 Å². The molecule has 0 radical (unpaired) electrons. The van der Waals surface area contributed by atoms with E-state index in [0.717, 1.165) is 61.3 Å². The number of likely N-dealkylation sites (N-methyl/N-ethyl adjacent to an activating group) is 1. The van der Waals surface area contributed by atoms with E-state index >= 15 is 0 Å². The summed E-state index contributed by atoms with van der Waals surface area (Å²) in [5.41, 5.74) is 3.39. The molecule has 2 aromatic carbocycles. The van der Waals surface area contributed by atoms with Crippen molar-refractivity contribution in [1.82, 2.24) is 15.2 Å². The van der Waals surface area contributed by atoms with Gasteiger partial charge in [-0.15, -0.1) is 11.3 Å². The topological polar surface area (TPSA) is 62.3 Å². The number of nitrogens with one attached hydrogen (secondary N) is 1. The zero-order valence-corrected chi connectivity index (χ0v) is 23.2. The number of benzene rings is 2. The average Bonchev–Trinajstić information content (AvgIpc) is 3.62. The molecule has 0 unspecified atom stereocenters. The van der Waals surface area contributed by atoms with Gasteiger partial charge in [0.15, 0.2) is 0 Å². The third kappa shape index (κ3) is 5.37. The van der Waals surface area contributed by atoms with Crippen molar-refractivity contribution in [3.05, 3.63) is 52.3 Å². The van der Waals surface area contributed by atoms with E-state index in [0.29, 0.717) is 12.3 Å². The summed E-state index contributed by atoms with van der Waals surface area (Å²) in [4.78, 5) is 34.2. The molecular formula is C31H39N3O2S. The van der Waals surface area contributed by atoms with E-state index in [1.807, 2.05) is 14.0 Å². The quantitative estimate of drug-likeness (QED) is 0.361. The van der Waals surface area contributed by atoms with Crippen LogP contribution in [0.4, 0.5) is 0 Å². The van der Waals surface area contributed by atoms with Gasteiger partial charge in [-0.2, -0.15) is 0 Å². The molecule has 1 saturated heterocycles. The van der Waals surface area contributed by atoms with E-state index in [-0.39, 0.29) is 29.7 Å². The number of carbonyl (C=O) groups is 2. The summed E-state index contributed by atoms with van der Waals surface area (Å²) < 4.78 is 0. The minimum Gasteiger partial charge on any atom is -0.333 e. The van der Waals surface area contributed by atoms with Crippen LogP contribution < -0.4 is 5.32 Å². The van der Waals surface area contributed by atoms with Crippen molar-refractivity contribution in [1.29, 1.82) is 0 Å². The minimum atomic E-state index is -0.223. The monoisotopic (exact) mass is 517 g/mol. The predicted molar refractivity (Wildman–Crippen MR) is 152 cm³/mol. The van der Waals surface area contributed by atoms with Crippen molar-refractivity contribution < 1.29 is 9.59 Å². The first kappa shape index (κ1) is 26.1. The summed E-state index contributed by atoms with van der Waals surface area (Å²) >= 11 is 1.66. The Labute approximate surface area is 224 Å². The Balaban J connectivity index is 1.41. The molecule has 2 aliphatic rings. The summed E-state index contributed by atoms with van der Waals surface area (Å²) in [6, 6.07) is 12.6. The van der Waals surface area contributed by atoms with Gasteiger partial charge < -0.3 is 10.2 Å². The number of fused-ring (bicyclic) bond motifs is 1. The first-order valence-corrected chi connectivity index (χ1v) is 14.8. The van der Waals surface area contributed by atoms with E-state index in [4.69, 9.17) is 4.98 Å². The van der Waals surface area contributed by atoms with Crippen LogP contribution in [-0.4, -0.2) is 41.2 Å². The van der Waals surface area contributed by atoms with Crippen LogP contribution in [0.15, 0.2) is 41.8 Å². The van der Waals surface area contributed by atoms with Crippen molar-refractivity contribution in [3.63, 3.8) is 0 Å². The smallest absolute Gasteiger partial charge is 0.227 e. The SMILES string of the molecule is CN[C@@H](C)C(=O)C[C@H](C(=O)N1CCC[C@H]1c1nc(-c2ccc(C)c3ccccc23)cs1)C1CCCCC1. The predicted octanol–water partition coefficient (Wildman–Crippen LogP) is 6.70. The Bertz CT molecular complexity index is 1260. The molecular weight excluding hydrogens is 478 g/mol. The number of hydrogen-bond acceptors (Lipinski definition) is 5. The zero-order valence-electron chi connectivity index (χ0n) is 22.3. The molecule has 196 valence electrons. The lowest BCUT2D eigenvalue weighted by Crippen LogP contribution is -2.42. The van der Waals surface area contributed by atoms with Gasteiger partial charge in [0, 0.05) is 29.8 Å². The largest absolute Gasteiger partial charge is 0.333 e. The average molecular weight is 518 g/mol. The maximum absolute atomic E-state index is 14.1. The van der Waals surface area contributed by atoms with Crippen LogP contribution in [0.2, 0.25) is 0 Å².